The van der Waals surface area contributed by atoms with Crippen LogP contribution in [0.1, 0.15) is 18.4 Å². The molecule has 0 bridgehead atoms. The monoisotopic (exact) mass is 471 g/mol. The number of benzene rings is 2. The van der Waals surface area contributed by atoms with Crippen molar-refractivity contribution in [1.82, 2.24) is 14.7 Å². The van der Waals surface area contributed by atoms with Gasteiger partial charge in [0.1, 0.15) is 10.0 Å². The van der Waals surface area contributed by atoms with Crippen LogP contribution < -0.4 is 4.72 Å². The molecule has 8 nitrogen and oxygen atoms in total. The third-order valence-corrected chi connectivity index (χ3v) is 8.37. The van der Waals surface area contributed by atoms with Crippen LogP contribution in [0.5, 0.6) is 0 Å². The summed E-state index contributed by atoms with van der Waals surface area (Å²) in [5.41, 5.74) is 2.98. The number of carbonyl (C=O) groups is 1. The second kappa shape index (κ2) is 8.73. The minimum atomic E-state index is -3.56. The number of sulfonamides is 1. The van der Waals surface area contributed by atoms with Gasteiger partial charge in [-0.25, -0.2) is 22.9 Å². The van der Waals surface area contributed by atoms with E-state index in [0.717, 1.165) is 15.9 Å². The molecule has 1 saturated carbocycles. The Labute approximate surface area is 188 Å². The molecule has 4 N–H and O–H groups in total. The molecular weight excluding hydrogens is 450 g/mol. The average Bonchev–Trinajstić information content (AvgIpc) is 3.15. The van der Waals surface area contributed by atoms with Gasteiger partial charge in [0.25, 0.3) is 0 Å². The topological polar surface area (TPSA) is 132 Å². The largest absolute Gasteiger partial charge is 0.503 e. The summed E-state index contributed by atoms with van der Waals surface area (Å²) in [6.07, 6.45) is -1.83. The molecule has 0 saturated heterocycles. The second-order valence-electron chi connectivity index (χ2n) is 7.45. The summed E-state index contributed by atoms with van der Waals surface area (Å²) < 4.78 is 29.0. The first-order valence-corrected chi connectivity index (χ1v) is 12.1. The van der Waals surface area contributed by atoms with Crippen molar-refractivity contribution in [3.05, 3.63) is 72.3 Å². The van der Waals surface area contributed by atoms with Crippen molar-refractivity contribution in [3.63, 3.8) is 0 Å². The Morgan fingerprint density at radius 2 is 1.69 bits per heavy atom. The van der Waals surface area contributed by atoms with Crippen molar-refractivity contribution >= 4 is 38.5 Å². The molecule has 0 spiro atoms. The predicted octanol–water partition coefficient (Wildman–Crippen LogP) is 4.59. The van der Waals surface area contributed by atoms with Crippen LogP contribution >= 0.6 is 11.3 Å². The number of aromatic nitrogens is 2. The highest BCUT2D eigenvalue weighted by atomic mass is 32.2. The number of imidazole rings is 1. The number of nitrogens with one attached hydrogen (secondary N) is 2. The molecular formula is C22H21N3O5S2. The number of aromatic amines is 1. The minimum absolute atomic E-state index is 0.0656. The quantitative estimate of drug-likeness (QED) is 0.336. The van der Waals surface area contributed by atoms with Crippen LogP contribution in [0.15, 0.2) is 70.9 Å². The zero-order chi connectivity index (χ0) is 22.9. The summed E-state index contributed by atoms with van der Waals surface area (Å²) in [6.45, 7) is 2.08. The molecule has 5 rings (SSSR count). The Kier molecular flexibility index (Phi) is 6.00. The van der Waals surface area contributed by atoms with E-state index < -0.39 is 16.2 Å². The Morgan fingerprint density at radius 1 is 1.03 bits per heavy atom. The van der Waals surface area contributed by atoms with E-state index in [2.05, 4.69) is 33.7 Å². The molecule has 0 amide bonds. The normalized spacial score (nSPS) is 19.8. The van der Waals surface area contributed by atoms with E-state index >= 15 is 0 Å². The Bertz CT molecular complexity index is 1310. The van der Waals surface area contributed by atoms with Crippen LogP contribution in [0, 0.1) is 5.92 Å². The lowest BCUT2D eigenvalue weighted by molar-refractivity contribution is 0.137. The molecule has 1 aliphatic carbocycles. The maximum Gasteiger partial charge on any atom is 0.503 e. The summed E-state index contributed by atoms with van der Waals surface area (Å²) >= 11 is 1.23. The van der Waals surface area contributed by atoms with Crippen molar-refractivity contribution in [2.75, 3.05) is 0 Å². The average molecular weight is 472 g/mol. The smallest absolute Gasteiger partial charge is 0.450 e. The molecule has 0 aliphatic heterocycles. The summed E-state index contributed by atoms with van der Waals surface area (Å²) in [6, 6.07) is 21.2. The SMILES string of the molecule is C[C@H]1[C@H](NS(=O)(=O)c2ccc(-c3nc4ccccc4[nH]3)s2)[C@H]1c1ccccc1.O=C(O)O. The number of nitrogens with zero attached hydrogens (tertiary/aromatic N) is 1. The van der Waals surface area contributed by atoms with Gasteiger partial charge in [-0.15, -0.1) is 11.3 Å². The number of H-pyrrole nitrogens is 1. The van der Waals surface area contributed by atoms with Gasteiger partial charge in [-0.2, -0.15) is 0 Å². The zero-order valence-electron chi connectivity index (χ0n) is 17.0. The number of rotatable bonds is 5. The van der Waals surface area contributed by atoms with Crippen molar-refractivity contribution in [1.29, 1.82) is 0 Å². The molecule has 2 aromatic carbocycles. The molecule has 10 heteroatoms. The van der Waals surface area contributed by atoms with E-state index in [1.54, 1.807) is 6.07 Å². The number of thiophene rings is 1. The first kappa shape index (κ1) is 22.0. The first-order valence-electron chi connectivity index (χ1n) is 9.80. The molecule has 166 valence electrons. The lowest BCUT2D eigenvalue weighted by Crippen LogP contribution is -2.27. The lowest BCUT2D eigenvalue weighted by atomic mass is 10.1. The van der Waals surface area contributed by atoms with Crippen molar-refractivity contribution in [2.45, 2.75) is 23.1 Å². The fourth-order valence-electron chi connectivity index (χ4n) is 3.73. The standard InChI is InChI=1S/C21H19N3O2S2.CH2O3/c1-13-19(14-7-3-2-4-8-14)20(13)24-28(25,26)18-12-11-17(27-18)21-22-15-9-5-6-10-16(15)23-21;2-1(3)4/h2-13,19-20,24H,1H3,(H,22,23);(H2,2,3,4)/t13-,19-,20+;/m1./s1. The molecule has 32 heavy (non-hydrogen) atoms. The van der Waals surface area contributed by atoms with Crippen LogP contribution in [-0.4, -0.2) is 40.8 Å². The maximum atomic E-state index is 12.9. The van der Waals surface area contributed by atoms with Crippen molar-refractivity contribution in [2.24, 2.45) is 5.92 Å². The minimum Gasteiger partial charge on any atom is -0.450 e. The molecule has 0 radical (unpaired) electrons. The number of carboxylic acid groups (broad SMARTS) is 2. The highest BCUT2D eigenvalue weighted by Gasteiger charge is 2.49. The van der Waals surface area contributed by atoms with Gasteiger partial charge in [0.2, 0.25) is 10.0 Å². The molecule has 3 atom stereocenters. The third kappa shape index (κ3) is 4.67. The van der Waals surface area contributed by atoms with E-state index in [9.17, 15) is 8.42 Å². The van der Waals surface area contributed by atoms with E-state index in [4.69, 9.17) is 15.0 Å². The van der Waals surface area contributed by atoms with Gasteiger partial charge in [0.05, 0.1) is 15.9 Å². The van der Waals surface area contributed by atoms with E-state index in [1.807, 2.05) is 48.5 Å². The van der Waals surface area contributed by atoms with Crippen molar-refractivity contribution < 1.29 is 23.4 Å². The first-order chi connectivity index (χ1) is 15.3. The van der Waals surface area contributed by atoms with Crippen LogP contribution in [-0.2, 0) is 10.0 Å². The Morgan fingerprint density at radius 3 is 2.38 bits per heavy atom. The van der Waals surface area contributed by atoms with Crippen molar-refractivity contribution in [3.8, 4) is 10.7 Å². The highest BCUT2D eigenvalue weighted by molar-refractivity contribution is 7.91. The van der Waals surface area contributed by atoms with Crippen LogP contribution in [0.25, 0.3) is 21.7 Å². The van der Waals surface area contributed by atoms with Gasteiger partial charge < -0.3 is 15.2 Å². The second-order valence-corrected chi connectivity index (χ2v) is 10.5. The van der Waals surface area contributed by atoms with E-state index in [1.165, 1.54) is 16.9 Å². The third-order valence-electron chi connectivity index (χ3n) is 5.32. The summed E-state index contributed by atoms with van der Waals surface area (Å²) in [5.74, 6) is 1.20. The molecule has 1 fully saturated rings. The number of hydrogen-bond acceptors (Lipinski definition) is 5. The number of fused-ring (bicyclic) bond motifs is 1. The molecule has 2 aromatic heterocycles. The predicted molar refractivity (Wildman–Crippen MR) is 123 cm³/mol. The fourth-order valence-corrected chi connectivity index (χ4v) is 6.35. The van der Waals surface area contributed by atoms with Gasteiger partial charge in [-0.1, -0.05) is 49.4 Å². The highest BCUT2D eigenvalue weighted by Crippen LogP contribution is 2.48. The summed E-state index contributed by atoms with van der Waals surface area (Å²) in [5, 5.41) is 13.9. The van der Waals surface area contributed by atoms with Crippen LogP contribution in [0.3, 0.4) is 0 Å². The van der Waals surface area contributed by atoms with E-state index in [-0.39, 0.29) is 17.9 Å². The molecule has 1 aliphatic rings. The zero-order valence-corrected chi connectivity index (χ0v) is 18.6. The van der Waals surface area contributed by atoms with Gasteiger partial charge in [0, 0.05) is 12.0 Å². The van der Waals surface area contributed by atoms with Gasteiger partial charge in [-0.05, 0) is 35.7 Å². The van der Waals surface area contributed by atoms with Crippen LogP contribution in [0.4, 0.5) is 4.79 Å². The Balaban J connectivity index is 0.000000567. The van der Waals surface area contributed by atoms with Gasteiger partial charge in [-0.3, -0.25) is 0 Å². The number of para-hydroxylation sites is 2. The van der Waals surface area contributed by atoms with Crippen LogP contribution in [0.2, 0.25) is 0 Å². The number of hydrogen-bond donors (Lipinski definition) is 4. The lowest BCUT2D eigenvalue weighted by Gasteiger charge is -2.04. The summed E-state index contributed by atoms with van der Waals surface area (Å²) in [4.78, 5) is 17.2. The summed E-state index contributed by atoms with van der Waals surface area (Å²) in [7, 11) is -3.56. The fraction of sp³-hybridized carbons (Fsp3) is 0.182. The maximum absolute atomic E-state index is 12.9. The molecule has 0 unspecified atom stereocenters. The Hall–Kier alpha value is -3.21. The molecule has 2 heterocycles. The van der Waals surface area contributed by atoms with E-state index in [0.29, 0.717) is 10.0 Å². The van der Waals surface area contributed by atoms with Gasteiger partial charge >= 0.3 is 6.16 Å². The molecule has 4 aromatic rings. The van der Waals surface area contributed by atoms with Gasteiger partial charge in [0.15, 0.2) is 0 Å².